The molecule has 1 aromatic heterocycles. The molecular weight excluding hydrogens is 403 g/mol. The first-order valence-electron chi connectivity index (χ1n) is 8.64. The number of nitrogens with one attached hydrogen (secondary N) is 3. The molecule has 2 aromatic rings. The van der Waals surface area contributed by atoms with Crippen molar-refractivity contribution in [1.29, 1.82) is 0 Å². The van der Waals surface area contributed by atoms with Crippen LogP contribution in [-0.4, -0.2) is 36.9 Å². The fraction of sp³-hybridized carbons (Fsp3) is 0.316. The lowest BCUT2D eigenvalue weighted by molar-refractivity contribution is -0.120. The van der Waals surface area contributed by atoms with E-state index in [4.69, 9.17) is 4.74 Å². The number of aromatic nitrogens is 1. The second-order valence-electron chi connectivity index (χ2n) is 6.07. The van der Waals surface area contributed by atoms with Crippen LogP contribution in [0.25, 0.3) is 0 Å². The molecule has 0 unspecified atom stereocenters. The molecule has 1 fully saturated rings. The van der Waals surface area contributed by atoms with Crippen LogP contribution in [0.3, 0.4) is 0 Å². The van der Waals surface area contributed by atoms with Gasteiger partial charge in [-0.2, -0.15) is 0 Å². The van der Waals surface area contributed by atoms with E-state index >= 15 is 0 Å². The minimum absolute atomic E-state index is 0. The molecule has 0 radical (unpaired) electrons. The molecule has 2 amide bonds. The van der Waals surface area contributed by atoms with Gasteiger partial charge < -0.3 is 20.7 Å². The van der Waals surface area contributed by atoms with E-state index in [1.165, 1.54) is 6.20 Å². The molecule has 3 N–H and O–H groups in total. The number of benzene rings is 1. The van der Waals surface area contributed by atoms with Crippen LogP contribution in [0.2, 0.25) is 0 Å². The van der Waals surface area contributed by atoms with Crippen molar-refractivity contribution >= 4 is 42.3 Å². The van der Waals surface area contributed by atoms with Gasteiger partial charge in [-0.25, -0.2) is 0 Å². The van der Waals surface area contributed by atoms with Gasteiger partial charge >= 0.3 is 0 Å². The molecule has 1 aliphatic heterocycles. The summed E-state index contributed by atoms with van der Waals surface area (Å²) in [5.41, 5.74) is 0.871. The molecule has 0 spiro atoms. The van der Waals surface area contributed by atoms with Crippen LogP contribution < -0.4 is 20.7 Å². The van der Waals surface area contributed by atoms with Gasteiger partial charge in [-0.1, -0.05) is 12.1 Å². The molecule has 2 heterocycles. The Labute approximate surface area is 176 Å². The Morgan fingerprint density at radius 2 is 1.86 bits per heavy atom. The topological polar surface area (TPSA) is 92.4 Å². The van der Waals surface area contributed by atoms with Gasteiger partial charge in [0.25, 0.3) is 5.91 Å². The van der Waals surface area contributed by atoms with Crippen LogP contribution in [-0.2, 0) is 4.79 Å². The number of amides is 2. The zero-order chi connectivity index (χ0) is 18.4. The van der Waals surface area contributed by atoms with Crippen molar-refractivity contribution in [3.05, 3.63) is 48.3 Å². The Hall–Kier alpha value is -2.35. The Morgan fingerprint density at radius 3 is 2.57 bits per heavy atom. The fourth-order valence-electron chi connectivity index (χ4n) is 2.83. The van der Waals surface area contributed by atoms with E-state index in [-0.39, 0.29) is 48.2 Å². The molecule has 3 rings (SSSR count). The van der Waals surface area contributed by atoms with Gasteiger partial charge in [-0.3, -0.25) is 14.6 Å². The normalized spacial score (nSPS) is 13.5. The smallest absolute Gasteiger partial charge is 0.269 e. The van der Waals surface area contributed by atoms with Crippen LogP contribution in [0.1, 0.15) is 23.3 Å². The summed E-state index contributed by atoms with van der Waals surface area (Å²) in [7, 11) is 1.54. The molecule has 28 heavy (non-hydrogen) atoms. The Kier molecular flexibility index (Phi) is 9.72. The van der Waals surface area contributed by atoms with E-state index < -0.39 is 0 Å². The van der Waals surface area contributed by atoms with Gasteiger partial charge in [-0.05, 0) is 44.1 Å². The number of anilines is 1. The van der Waals surface area contributed by atoms with E-state index in [1.54, 1.807) is 31.3 Å². The maximum absolute atomic E-state index is 12.5. The summed E-state index contributed by atoms with van der Waals surface area (Å²) in [6.45, 7) is 1.71. The van der Waals surface area contributed by atoms with Gasteiger partial charge in [0.1, 0.15) is 11.4 Å². The molecule has 0 bridgehead atoms. The van der Waals surface area contributed by atoms with E-state index in [1.807, 2.05) is 12.1 Å². The molecule has 7 nitrogen and oxygen atoms in total. The molecule has 1 aromatic carbocycles. The van der Waals surface area contributed by atoms with Crippen LogP contribution in [0, 0.1) is 5.92 Å². The Morgan fingerprint density at radius 1 is 1.14 bits per heavy atom. The second-order valence-corrected chi connectivity index (χ2v) is 6.07. The lowest BCUT2D eigenvalue weighted by Crippen LogP contribution is -2.34. The number of piperidine rings is 1. The van der Waals surface area contributed by atoms with Gasteiger partial charge in [-0.15, -0.1) is 24.8 Å². The summed E-state index contributed by atoms with van der Waals surface area (Å²) in [5.74, 6) is 0.711. The summed E-state index contributed by atoms with van der Waals surface area (Å²) in [4.78, 5) is 28.2. The quantitative estimate of drug-likeness (QED) is 0.683. The number of hydrogen-bond acceptors (Lipinski definition) is 5. The molecule has 0 aliphatic carbocycles. The molecular formula is C19H24Cl2N4O3. The average molecular weight is 427 g/mol. The fourth-order valence-corrected chi connectivity index (χ4v) is 2.83. The lowest BCUT2D eigenvalue weighted by Gasteiger charge is -2.22. The van der Waals surface area contributed by atoms with Crippen molar-refractivity contribution in [2.75, 3.05) is 25.5 Å². The summed E-state index contributed by atoms with van der Waals surface area (Å²) in [6.07, 6.45) is 3.17. The van der Waals surface area contributed by atoms with Gasteiger partial charge in [0.05, 0.1) is 5.69 Å². The van der Waals surface area contributed by atoms with Crippen LogP contribution in [0.4, 0.5) is 5.69 Å². The predicted octanol–water partition coefficient (Wildman–Crippen LogP) is 3.02. The number of carbonyl (C=O) groups excluding carboxylic acids is 2. The maximum atomic E-state index is 12.5. The zero-order valence-electron chi connectivity index (χ0n) is 15.4. The minimum Gasteiger partial charge on any atom is -0.455 e. The van der Waals surface area contributed by atoms with Crippen molar-refractivity contribution in [2.45, 2.75) is 12.8 Å². The lowest BCUT2D eigenvalue weighted by atomic mass is 9.97. The van der Waals surface area contributed by atoms with Gasteiger partial charge in [0, 0.05) is 25.2 Å². The van der Waals surface area contributed by atoms with Crippen molar-refractivity contribution in [3.63, 3.8) is 0 Å². The van der Waals surface area contributed by atoms with Crippen molar-refractivity contribution in [3.8, 4) is 11.5 Å². The zero-order valence-corrected chi connectivity index (χ0v) is 17.1. The van der Waals surface area contributed by atoms with E-state index in [9.17, 15) is 9.59 Å². The highest BCUT2D eigenvalue weighted by molar-refractivity contribution is 5.94. The Bertz CT molecular complexity index is 798. The number of pyridine rings is 1. The molecule has 0 saturated carbocycles. The summed E-state index contributed by atoms with van der Waals surface area (Å²) < 4.78 is 5.89. The number of nitrogens with zero attached hydrogens (tertiary/aromatic N) is 1. The van der Waals surface area contributed by atoms with Crippen molar-refractivity contribution in [2.24, 2.45) is 5.92 Å². The third-order valence-corrected chi connectivity index (χ3v) is 4.27. The summed E-state index contributed by atoms with van der Waals surface area (Å²) >= 11 is 0. The Balaban J connectivity index is 0.00000196. The van der Waals surface area contributed by atoms with E-state index in [2.05, 4.69) is 20.9 Å². The highest BCUT2D eigenvalue weighted by Gasteiger charge is 2.21. The molecule has 1 saturated heterocycles. The monoisotopic (exact) mass is 426 g/mol. The molecule has 1 aliphatic rings. The van der Waals surface area contributed by atoms with Gasteiger partial charge in [0.2, 0.25) is 5.91 Å². The summed E-state index contributed by atoms with van der Waals surface area (Å²) in [6, 6.07) is 10.5. The van der Waals surface area contributed by atoms with Crippen LogP contribution >= 0.6 is 24.8 Å². The number of hydrogen-bond donors (Lipinski definition) is 3. The third-order valence-electron chi connectivity index (χ3n) is 4.27. The number of para-hydroxylation sites is 2. The first-order valence-corrected chi connectivity index (χ1v) is 8.64. The highest BCUT2D eigenvalue weighted by Crippen LogP contribution is 2.30. The highest BCUT2D eigenvalue weighted by atomic mass is 35.5. The standard InChI is InChI=1S/C19H22N4O3.2ClH/c1-20-19(25)16-12-14(8-11-22-16)26-17-5-3-2-4-15(17)23-18(24)13-6-9-21-10-7-13;;/h2-5,8,11-13,21H,6-7,9-10H2,1H3,(H,20,25)(H,23,24);2*1H. The van der Waals surface area contributed by atoms with Gasteiger partial charge in [0.15, 0.2) is 5.75 Å². The second kappa shape index (κ2) is 11.5. The predicted molar refractivity (Wildman–Crippen MR) is 113 cm³/mol. The SMILES string of the molecule is CNC(=O)c1cc(Oc2ccccc2NC(=O)C2CCNCC2)ccn1.Cl.Cl. The van der Waals surface area contributed by atoms with Crippen molar-refractivity contribution < 1.29 is 14.3 Å². The molecule has 0 atom stereocenters. The van der Waals surface area contributed by atoms with E-state index in [0.29, 0.717) is 17.2 Å². The number of ether oxygens (including phenoxy) is 1. The number of halogens is 2. The average Bonchev–Trinajstić information content (AvgIpc) is 2.69. The number of carbonyl (C=O) groups is 2. The van der Waals surface area contributed by atoms with Crippen molar-refractivity contribution in [1.82, 2.24) is 15.6 Å². The number of rotatable bonds is 5. The maximum Gasteiger partial charge on any atom is 0.269 e. The third kappa shape index (κ3) is 6.09. The first-order chi connectivity index (χ1) is 12.7. The first kappa shape index (κ1) is 23.7. The molecule has 9 heteroatoms. The molecule has 152 valence electrons. The van der Waals surface area contributed by atoms with Crippen LogP contribution in [0.15, 0.2) is 42.6 Å². The summed E-state index contributed by atoms with van der Waals surface area (Å²) in [5, 5.41) is 8.74. The van der Waals surface area contributed by atoms with Crippen LogP contribution in [0.5, 0.6) is 11.5 Å². The largest absolute Gasteiger partial charge is 0.455 e. The minimum atomic E-state index is -0.289. The van der Waals surface area contributed by atoms with E-state index in [0.717, 1.165) is 25.9 Å².